The fraction of sp³-hybridized carbons (Fsp3) is 0.182. The van der Waals surface area contributed by atoms with Gasteiger partial charge in [0.2, 0.25) is 0 Å². The summed E-state index contributed by atoms with van der Waals surface area (Å²) in [6.07, 6.45) is 4.24. The molecule has 0 atom stereocenters. The molecule has 150 valence electrons. The highest BCUT2D eigenvalue weighted by Gasteiger charge is 2.21. The Morgan fingerprint density at radius 2 is 1.90 bits per heavy atom. The lowest BCUT2D eigenvalue weighted by atomic mass is 10.1. The molecule has 5 rings (SSSR count). The van der Waals surface area contributed by atoms with Crippen LogP contribution in [0.5, 0.6) is 0 Å². The third-order valence-electron chi connectivity index (χ3n) is 5.26. The average Bonchev–Trinajstić information content (AvgIpc) is 3.34. The molecule has 0 fully saturated rings. The van der Waals surface area contributed by atoms with Gasteiger partial charge in [0.1, 0.15) is 4.83 Å². The molecule has 1 aromatic carbocycles. The van der Waals surface area contributed by atoms with E-state index < -0.39 is 0 Å². The number of aryl methyl sites for hydroxylation is 2. The second-order valence-electron chi connectivity index (χ2n) is 7.04. The third-order valence-corrected chi connectivity index (χ3v) is 6.80. The number of nitrogens with zero attached hydrogens (tertiary/aromatic N) is 5. The maximum atomic E-state index is 13.5. The Balaban J connectivity index is 1.84. The summed E-state index contributed by atoms with van der Waals surface area (Å²) in [6, 6.07) is 11.3. The Morgan fingerprint density at radius 1 is 1.13 bits per heavy atom. The topological polar surface area (TPSA) is 65.1 Å². The average molecular weight is 436 g/mol. The van der Waals surface area contributed by atoms with Crippen LogP contribution in [0.25, 0.3) is 27.3 Å². The van der Waals surface area contributed by atoms with Gasteiger partial charge in [-0.2, -0.15) is 4.52 Å². The molecule has 0 aliphatic rings. The molecular weight excluding hydrogens is 418 g/mol. The number of rotatable bonds is 4. The predicted octanol–water partition coefficient (Wildman–Crippen LogP) is 4.74. The lowest BCUT2D eigenvalue weighted by Gasteiger charge is -2.10. The van der Waals surface area contributed by atoms with Crippen LogP contribution in [0.2, 0.25) is 5.02 Å². The predicted molar refractivity (Wildman–Crippen MR) is 121 cm³/mol. The Kier molecular flexibility index (Phi) is 4.64. The smallest absolute Gasteiger partial charge is 0.278 e. The van der Waals surface area contributed by atoms with Crippen molar-refractivity contribution >= 4 is 38.8 Å². The number of hydrogen-bond donors (Lipinski definition) is 0. The van der Waals surface area contributed by atoms with Crippen LogP contribution in [0.3, 0.4) is 0 Å². The normalized spacial score (nSPS) is 11.6. The molecule has 0 unspecified atom stereocenters. The first kappa shape index (κ1) is 19.0. The van der Waals surface area contributed by atoms with Gasteiger partial charge in [0.05, 0.1) is 11.9 Å². The summed E-state index contributed by atoms with van der Waals surface area (Å²) in [4.78, 5) is 24.4. The molecule has 0 spiro atoms. The standard InChI is InChI=1S/C22H18ClN5OS/c1-3-16-13(2)30-21-18(16)20-25-19(14-8-10-24-11-9-14)26-28(20)22(29)27(21)12-15-6-4-5-7-17(15)23/h4-11H,3,12H2,1-2H3. The summed E-state index contributed by atoms with van der Waals surface area (Å²) in [5.41, 5.74) is 3.28. The number of halogens is 1. The van der Waals surface area contributed by atoms with Gasteiger partial charge in [-0.15, -0.1) is 16.4 Å². The van der Waals surface area contributed by atoms with E-state index in [4.69, 9.17) is 16.6 Å². The van der Waals surface area contributed by atoms with E-state index in [1.807, 2.05) is 36.4 Å². The Bertz CT molecular complexity index is 1450. The largest absolute Gasteiger partial charge is 0.352 e. The van der Waals surface area contributed by atoms with Crippen LogP contribution < -0.4 is 5.69 Å². The van der Waals surface area contributed by atoms with Crippen molar-refractivity contribution in [3.63, 3.8) is 0 Å². The minimum Gasteiger partial charge on any atom is -0.278 e. The van der Waals surface area contributed by atoms with Crippen molar-refractivity contribution in [2.75, 3.05) is 0 Å². The van der Waals surface area contributed by atoms with Crippen LogP contribution in [-0.4, -0.2) is 24.1 Å². The molecule has 0 saturated carbocycles. The van der Waals surface area contributed by atoms with E-state index in [2.05, 4.69) is 23.9 Å². The van der Waals surface area contributed by atoms with Crippen molar-refractivity contribution in [1.82, 2.24) is 24.1 Å². The van der Waals surface area contributed by atoms with Crippen molar-refractivity contribution in [1.29, 1.82) is 0 Å². The lowest BCUT2D eigenvalue weighted by molar-refractivity contribution is 0.720. The Labute approximate surface area is 181 Å². The molecule has 0 bridgehead atoms. The van der Waals surface area contributed by atoms with Gasteiger partial charge in [0, 0.05) is 27.9 Å². The van der Waals surface area contributed by atoms with E-state index in [1.54, 1.807) is 28.3 Å². The van der Waals surface area contributed by atoms with Crippen molar-refractivity contribution in [3.05, 3.63) is 80.3 Å². The Hall–Kier alpha value is -3.03. The zero-order valence-electron chi connectivity index (χ0n) is 16.5. The molecule has 0 aliphatic carbocycles. The molecule has 4 heterocycles. The summed E-state index contributed by atoms with van der Waals surface area (Å²) in [6.45, 7) is 4.58. The van der Waals surface area contributed by atoms with Crippen molar-refractivity contribution in [3.8, 4) is 11.4 Å². The zero-order chi connectivity index (χ0) is 20.8. The first-order valence-electron chi connectivity index (χ1n) is 9.63. The van der Waals surface area contributed by atoms with E-state index in [0.717, 1.165) is 27.8 Å². The third kappa shape index (κ3) is 2.93. The molecule has 0 N–H and O–H groups in total. The summed E-state index contributed by atoms with van der Waals surface area (Å²) in [5.74, 6) is 0.511. The van der Waals surface area contributed by atoms with E-state index >= 15 is 0 Å². The van der Waals surface area contributed by atoms with Crippen molar-refractivity contribution in [2.45, 2.75) is 26.8 Å². The number of fused-ring (bicyclic) bond motifs is 3. The number of aromatic nitrogens is 5. The molecule has 0 radical (unpaired) electrons. The minimum atomic E-state index is -0.228. The molecule has 8 heteroatoms. The number of pyridine rings is 1. The highest BCUT2D eigenvalue weighted by Crippen LogP contribution is 2.34. The fourth-order valence-corrected chi connectivity index (χ4v) is 5.20. The van der Waals surface area contributed by atoms with E-state index in [1.165, 1.54) is 15.0 Å². The van der Waals surface area contributed by atoms with E-state index in [9.17, 15) is 4.79 Å². The zero-order valence-corrected chi connectivity index (χ0v) is 18.0. The van der Waals surface area contributed by atoms with Crippen molar-refractivity contribution in [2.24, 2.45) is 0 Å². The van der Waals surface area contributed by atoms with Crippen LogP contribution in [-0.2, 0) is 13.0 Å². The van der Waals surface area contributed by atoms with E-state index in [-0.39, 0.29) is 5.69 Å². The molecule has 0 aliphatic heterocycles. The number of hydrogen-bond acceptors (Lipinski definition) is 5. The van der Waals surface area contributed by atoms with Gasteiger partial charge in [-0.25, -0.2) is 9.78 Å². The molecule has 0 saturated heterocycles. The van der Waals surface area contributed by atoms with Crippen molar-refractivity contribution < 1.29 is 0 Å². The van der Waals surface area contributed by atoms with Gasteiger partial charge >= 0.3 is 5.69 Å². The van der Waals surface area contributed by atoms with Gasteiger partial charge < -0.3 is 0 Å². The van der Waals surface area contributed by atoms with E-state index in [0.29, 0.717) is 23.0 Å². The van der Waals surface area contributed by atoms with Crippen LogP contribution >= 0.6 is 22.9 Å². The van der Waals surface area contributed by atoms with Gasteiger partial charge in [0.15, 0.2) is 11.5 Å². The van der Waals surface area contributed by atoms with Gasteiger partial charge in [0.25, 0.3) is 0 Å². The highest BCUT2D eigenvalue weighted by molar-refractivity contribution is 7.19. The number of benzene rings is 1. The lowest BCUT2D eigenvalue weighted by Crippen LogP contribution is -2.28. The second-order valence-corrected chi connectivity index (χ2v) is 8.65. The first-order valence-corrected chi connectivity index (χ1v) is 10.8. The van der Waals surface area contributed by atoms with Gasteiger partial charge in [-0.05, 0) is 42.7 Å². The minimum absolute atomic E-state index is 0.228. The summed E-state index contributed by atoms with van der Waals surface area (Å²) >= 11 is 8.01. The van der Waals surface area contributed by atoms with Crippen LogP contribution in [0.4, 0.5) is 0 Å². The monoisotopic (exact) mass is 435 g/mol. The summed E-state index contributed by atoms with van der Waals surface area (Å²) in [5, 5.41) is 6.18. The maximum Gasteiger partial charge on any atom is 0.352 e. The molecule has 0 amide bonds. The van der Waals surface area contributed by atoms with Crippen LogP contribution in [0.1, 0.15) is 22.9 Å². The van der Waals surface area contributed by atoms with Crippen LogP contribution in [0.15, 0.2) is 53.6 Å². The quantitative estimate of drug-likeness (QED) is 0.409. The first-order chi connectivity index (χ1) is 14.6. The van der Waals surface area contributed by atoms with Gasteiger partial charge in [-0.3, -0.25) is 9.55 Å². The molecule has 6 nitrogen and oxygen atoms in total. The van der Waals surface area contributed by atoms with Gasteiger partial charge in [-0.1, -0.05) is 36.7 Å². The molecule has 4 aromatic heterocycles. The molecule has 5 aromatic rings. The molecular formula is C22H18ClN5OS. The second kappa shape index (κ2) is 7.34. The van der Waals surface area contributed by atoms with Crippen LogP contribution in [0, 0.1) is 6.92 Å². The Morgan fingerprint density at radius 3 is 2.63 bits per heavy atom. The number of thiophene rings is 1. The summed E-state index contributed by atoms with van der Waals surface area (Å²) in [7, 11) is 0. The molecule has 30 heavy (non-hydrogen) atoms. The highest BCUT2D eigenvalue weighted by atomic mass is 35.5. The maximum absolute atomic E-state index is 13.5. The summed E-state index contributed by atoms with van der Waals surface area (Å²) < 4.78 is 3.17. The SMILES string of the molecule is CCc1c(C)sc2c1c1nc(-c3ccncc3)nn1c(=O)n2Cc1ccccc1Cl. The fourth-order valence-electron chi connectivity index (χ4n) is 3.78.